The zero-order chi connectivity index (χ0) is 10.4. The van der Waals surface area contributed by atoms with Crippen molar-refractivity contribution >= 4 is 17.2 Å². The Kier molecular flexibility index (Phi) is 4.55. The zero-order valence-electron chi connectivity index (χ0n) is 8.49. The molecule has 0 aliphatic rings. The topological polar surface area (TPSA) is 45.2 Å². The van der Waals surface area contributed by atoms with Crippen molar-refractivity contribution in [2.24, 2.45) is 0 Å². The van der Waals surface area contributed by atoms with Crippen molar-refractivity contribution in [1.29, 1.82) is 0 Å². The maximum absolute atomic E-state index is 11.3. The summed E-state index contributed by atoms with van der Waals surface area (Å²) in [5.41, 5.74) is 2.58. The second kappa shape index (κ2) is 5.72. The number of carbonyl (C=O) groups excluding carboxylic acids is 1. The molecule has 0 spiro atoms. The van der Waals surface area contributed by atoms with Crippen LogP contribution in [-0.4, -0.2) is 43.0 Å². The predicted octanol–water partition coefficient (Wildman–Crippen LogP) is 0.363. The lowest BCUT2D eigenvalue weighted by molar-refractivity contribution is -0.120. The van der Waals surface area contributed by atoms with Gasteiger partial charge in [-0.1, -0.05) is 0 Å². The highest BCUT2D eigenvalue weighted by Gasteiger charge is 2.03. The number of rotatable bonds is 5. The van der Waals surface area contributed by atoms with Crippen molar-refractivity contribution in [2.45, 2.75) is 6.42 Å². The number of carbonyl (C=O) groups is 1. The Bertz CT molecular complexity index is 272. The highest BCUT2D eigenvalue weighted by atomic mass is 32.1. The minimum Gasteiger partial charge on any atom is -0.354 e. The molecule has 1 aromatic rings. The first kappa shape index (κ1) is 11.1. The van der Waals surface area contributed by atoms with E-state index in [1.807, 2.05) is 24.4 Å². The Morgan fingerprint density at radius 1 is 1.64 bits per heavy atom. The number of amides is 1. The molecular formula is C9H15N3OS. The fourth-order valence-corrected chi connectivity index (χ4v) is 1.53. The van der Waals surface area contributed by atoms with Gasteiger partial charge in [0.1, 0.15) is 0 Å². The van der Waals surface area contributed by atoms with Gasteiger partial charge in [0.05, 0.1) is 17.6 Å². The summed E-state index contributed by atoms with van der Waals surface area (Å²) in [6.45, 7) is 1.55. The molecule has 1 aromatic heterocycles. The molecule has 78 valence electrons. The second-order valence-electron chi connectivity index (χ2n) is 3.31. The first-order valence-electron chi connectivity index (χ1n) is 4.47. The molecule has 1 heterocycles. The van der Waals surface area contributed by atoms with Gasteiger partial charge in [-0.05, 0) is 14.1 Å². The van der Waals surface area contributed by atoms with Gasteiger partial charge in [-0.25, -0.2) is 4.98 Å². The molecule has 0 fully saturated rings. The number of nitrogens with zero attached hydrogens (tertiary/aromatic N) is 2. The molecule has 4 nitrogen and oxygen atoms in total. The van der Waals surface area contributed by atoms with Crippen LogP contribution < -0.4 is 5.32 Å². The smallest absolute Gasteiger partial charge is 0.226 e. The van der Waals surface area contributed by atoms with E-state index in [2.05, 4.69) is 10.3 Å². The summed E-state index contributed by atoms with van der Waals surface area (Å²) in [4.78, 5) is 17.4. The third kappa shape index (κ3) is 4.34. The molecule has 0 aromatic carbocycles. The first-order valence-corrected chi connectivity index (χ1v) is 5.41. The molecule has 0 saturated carbocycles. The minimum absolute atomic E-state index is 0.0396. The quantitative estimate of drug-likeness (QED) is 0.768. The molecule has 0 unspecified atom stereocenters. The standard InChI is InChI=1S/C9H15N3OS/c1-12(2)4-3-10-9(13)5-8-6-14-7-11-8/h6-7H,3-5H2,1-2H3,(H,10,13). The maximum atomic E-state index is 11.3. The number of thiazole rings is 1. The molecule has 0 aliphatic heterocycles. The van der Waals surface area contributed by atoms with E-state index in [9.17, 15) is 4.79 Å². The number of hydrogen-bond donors (Lipinski definition) is 1. The van der Waals surface area contributed by atoms with Crippen molar-refractivity contribution in [1.82, 2.24) is 15.2 Å². The van der Waals surface area contributed by atoms with Gasteiger partial charge in [0.2, 0.25) is 5.91 Å². The fourth-order valence-electron chi connectivity index (χ4n) is 0.971. The van der Waals surface area contributed by atoms with Gasteiger partial charge in [0.15, 0.2) is 0 Å². The summed E-state index contributed by atoms with van der Waals surface area (Å²) in [6, 6.07) is 0. The monoisotopic (exact) mass is 213 g/mol. The summed E-state index contributed by atoms with van der Waals surface area (Å²) >= 11 is 1.51. The summed E-state index contributed by atoms with van der Waals surface area (Å²) in [5, 5.41) is 4.73. The first-order chi connectivity index (χ1) is 6.68. The third-order valence-corrected chi connectivity index (χ3v) is 2.34. The second-order valence-corrected chi connectivity index (χ2v) is 4.03. The van der Waals surface area contributed by atoms with Crippen molar-refractivity contribution in [3.63, 3.8) is 0 Å². The minimum atomic E-state index is 0.0396. The molecular weight excluding hydrogens is 198 g/mol. The average molecular weight is 213 g/mol. The van der Waals surface area contributed by atoms with E-state index in [0.717, 1.165) is 12.2 Å². The van der Waals surface area contributed by atoms with E-state index >= 15 is 0 Å². The molecule has 1 N–H and O–H groups in total. The SMILES string of the molecule is CN(C)CCNC(=O)Cc1cscn1. The van der Waals surface area contributed by atoms with Crippen LogP contribution in [0.3, 0.4) is 0 Å². The lowest BCUT2D eigenvalue weighted by atomic mass is 10.3. The summed E-state index contributed by atoms with van der Waals surface area (Å²) in [7, 11) is 3.96. The van der Waals surface area contributed by atoms with E-state index in [4.69, 9.17) is 0 Å². The maximum Gasteiger partial charge on any atom is 0.226 e. The van der Waals surface area contributed by atoms with Gasteiger partial charge in [0.25, 0.3) is 0 Å². The molecule has 0 atom stereocenters. The van der Waals surface area contributed by atoms with E-state index in [1.54, 1.807) is 5.51 Å². The highest BCUT2D eigenvalue weighted by molar-refractivity contribution is 7.07. The Hall–Kier alpha value is -0.940. The van der Waals surface area contributed by atoms with Crippen LogP contribution in [0.4, 0.5) is 0 Å². The van der Waals surface area contributed by atoms with Gasteiger partial charge in [-0.3, -0.25) is 4.79 Å². The lowest BCUT2D eigenvalue weighted by Crippen LogP contribution is -2.32. The average Bonchev–Trinajstić information content (AvgIpc) is 2.56. The Morgan fingerprint density at radius 3 is 3.00 bits per heavy atom. The van der Waals surface area contributed by atoms with E-state index in [-0.39, 0.29) is 5.91 Å². The Morgan fingerprint density at radius 2 is 2.43 bits per heavy atom. The van der Waals surface area contributed by atoms with Crippen molar-refractivity contribution in [2.75, 3.05) is 27.2 Å². The molecule has 1 rings (SSSR count). The van der Waals surface area contributed by atoms with Crippen molar-refractivity contribution in [3.05, 3.63) is 16.6 Å². The van der Waals surface area contributed by atoms with Gasteiger partial charge in [0, 0.05) is 18.5 Å². The summed E-state index contributed by atoms with van der Waals surface area (Å²) in [5.74, 6) is 0.0396. The van der Waals surface area contributed by atoms with Gasteiger partial charge < -0.3 is 10.2 Å². The Balaban J connectivity index is 2.17. The predicted molar refractivity (Wildman–Crippen MR) is 57.4 cm³/mol. The van der Waals surface area contributed by atoms with E-state index in [1.165, 1.54) is 11.3 Å². The summed E-state index contributed by atoms with van der Waals surface area (Å²) in [6.07, 6.45) is 0.386. The Labute approximate surface area is 88.0 Å². The molecule has 0 aliphatic carbocycles. The van der Waals surface area contributed by atoms with Crippen molar-refractivity contribution < 1.29 is 4.79 Å². The van der Waals surface area contributed by atoms with Crippen molar-refractivity contribution in [3.8, 4) is 0 Å². The van der Waals surface area contributed by atoms with Gasteiger partial charge >= 0.3 is 0 Å². The normalized spacial score (nSPS) is 10.5. The molecule has 0 radical (unpaired) electrons. The molecule has 0 saturated heterocycles. The molecule has 1 amide bonds. The van der Waals surface area contributed by atoms with E-state index < -0.39 is 0 Å². The van der Waals surface area contributed by atoms with Crippen LogP contribution in [0.25, 0.3) is 0 Å². The number of hydrogen-bond acceptors (Lipinski definition) is 4. The largest absolute Gasteiger partial charge is 0.354 e. The number of aromatic nitrogens is 1. The fraction of sp³-hybridized carbons (Fsp3) is 0.556. The highest BCUT2D eigenvalue weighted by Crippen LogP contribution is 2.00. The molecule has 5 heteroatoms. The van der Waals surface area contributed by atoms with Crippen LogP contribution in [-0.2, 0) is 11.2 Å². The molecule has 14 heavy (non-hydrogen) atoms. The zero-order valence-corrected chi connectivity index (χ0v) is 9.30. The van der Waals surface area contributed by atoms with Gasteiger partial charge in [-0.15, -0.1) is 11.3 Å². The van der Waals surface area contributed by atoms with Gasteiger partial charge in [-0.2, -0.15) is 0 Å². The third-order valence-electron chi connectivity index (χ3n) is 1.71. The summed E-state index contributed by atoms with van der Waals surface area (Å²) < 4.78 is 0. The number of nitrogens with one attached hydrogen (secondary N) is 1. The van der Waals surface area contributed by atoms with Crippen LogP contribution in [0.2, 0.25) is 0 Å². The van der Waals surface area contributed by atoms with Crippen LogP contribution in [0, 0.1) is 0 Å². The molecule has 0 bridgehead atoms. The van der Waals surface area contributed by atoms with Crippen LogP contribution >= 0.6 is 11.3 Å². The number of likely N-dealkylation sites (N-methyl/N-ethyl adjacent to an activating group) is 1. The lowest BCUT2D eigenvalue weighted by Gasteiger charge is -2.09. The van der Waals surface area contributed by atoms with Crippen LogP contribution in [0.15, 0.2) is 10.9 Å². The van der Waals surface area contributed by atoms with Crippen LogP contribution in [0.1, 0.15) is 5.69 Å². The van der Waals surface area contributed by atoms with E-state index in [0.29, 0.717) is 13.0 Å². The van der Waals surface area contributed by atoms with Crippen LogP contribution in [0.5, 0.6) is 0 Å².